The second kappa shape index (κ2) is 14.7. The Morgan fingerprint density at radius 3 is 2.35 bits per heavy atom. The molecule has 5 aromatic rings. The third-order valence-electron chi connectivity index (χ3n) is 10.3. The van der Waals surface area contributed by atoms with Crippen molar-refractivity contribution in [2.45, 2.75) is 89.7 Å². The number of benzene rings is 3. The predicted molar refractivity (Wildman–Crippen MR) is 201 cm³/mol. The number of hydrogen-bond acceptors (Lipinski definition) is 6. The molecule has 1 fully saturated rings. The van der Waals surface area contributed by atoms with Gasteiger partial charge in [-0.2, -0.15) is 4.98 Å². The fourth-order valence-electron chi connectivity index (χ4n) is 7.42. The van der Waals surface area contributed by atoms with E-state index in [0.29, 0.717) is 18.4 Å². The highest BCUT2D eigenvalue weighted by Gasteiger charge is 2.25. The smallest absolute Gasteiger partial charge is 0.225 e. The number of aromatic amines is 1. The van der Waals surface area contributed by atoms with Gasteiger partial charge in [0.05, 0.1) is 11.6 Å². The first-order valence-electron chi connectivity index (χ1n) is 17.9. The maximum atomic E-state index is 11.5. The van der Waals surface area contributed by atoms with Crippen LogP contribution in [-0.4, -0.2) is 53.3 Å². The van der Waals surface area contributed by atoms with Gasteiger partial charge < -0.3 is 25.6 Å². The van der Waals surface area contributed by atoms with Crippen molar-refractivity contribution in [2.75, 3.05) is 37.4 Å². The summed E-state index contributed by atoms with van der Waals surface area (Å²) < 4.78 is 0. The van der Waals surface area contributed by atoms with E-state index in [-0.39, 0.29) is 11.3 Å². The average molecular weight is 647 g/mol. The lowest BCUT2D eigenvalue weighted by molar-refractivity contribution is 0.156. The number of nitrogens with zero attached hydrogens (tertiary/aromatic N) is 3. The lowest BCUT2D eigenvalue weighted by Gasteiger charge is -2.30. The van der Waals surface area contributed by atoms with Gasteiger partial charge in [-0.15, -0.1) is 0 Å². The van der Waals surface area contributed by atoms with E-state index in [2.05, 4.69) is 109 Å². The summed E-state index contributed by atoms with van der Waals surface area (Å²) in [7, 11) is 4.07. The van der Waals surface area contributed by atoms with E-state index >= 15 is 0 Å². The zero-order valence-electron chi connectivity index (χ0n) is 29.7. The van der Waals surface area contributed by atoms with Gasteiger partial charge >= 0.3 is 0 Å². The summed E-state index contributed by atoms with van der Waals surface area (Å²) in [6, 6.07) is 23.8. The predicted octanol–water partition coefficient (Wildman–Crippen LogP) is 8.50. The van der Waals surface area contributed by atoms with E-state index in [9.17, 15) is 5.11 Å². The standard InChI is InChI=1S/C41H54N6O/c1-7-28-11-10-13-33-35(26-43-38(28)33)30(23-37(48)29-17-19-31(20-18-29)41(2,3)4)25-42-24-27-15-21-32(22-16-27)44-40-45-36-14-9-8-12-34(36)39(46-40)47(5)6/h8-14,17-20,26-27,30,32,37,42-43,48H,7,15-16,21-25H2,1-6H3,(H,44,45,46)/t27-,30?,32+,37?. The van der Waals surface area contributed by atoms with Crippen molar-refractivity contribution in [1.29, 1.82) is 0 Å². The Kier molecular flexibility index (Phi) is 10.4. The fraction of sp³-hybridized carbons (Fsp3) is 0.463. The van der Waals surface area contributed by atoms with Crippen LogP contribution in [0.15, 0.2) is 72.9 Å². The molecule has 0 aliphatic heterocycles. The van der Waals surface area contributed by atoms with Crippen molar-refractivity contribution in [3.63, 3.8) is 0 Å². The summed E-state index contributed by atoms with van der Waals surface area (Å²) >= 11 is 0. The lowest BCUT2D eigenvalue weighted by atomic mass is 9.85. The molecule has 1 saturated carbocycles. The van der Waals surface area contributed by atoms with Crippen molar-refractivity contribution < 1.29 is 5.11 Å². The van der Waals surface area contributed by atoms with E-state index in [1.807, 2.05) is 26.2 Å². The SMILES string of the molecule is CCc1cccc2c(C(CNC[C@H]3CC[C@@H](Nc4nc(N(C)C)c5ccccc5n4)CC3)CC(O)c3ccc(C(C)(C)C)cc3)c[nH]c12. The Bertz CT molecular complexity index is 1800. The molecule has 3 aromatic carbocycles. The number of hydrogen-bond donors (Lipinski definition) is 4. The van der Waals surface area contributed by atoms with Gasteiger partial charge in [-0.25, -0.2) is 4.98 Å². The van der Waals surface area contributed by atoms with Crippen molar-refractivity contribution in [2.24, 2.45) is 5.92 Å². The third-order valence-corrected chi connectivity index (χ3v) is 10.3. The number of anilines is 2. The fourth-order valence-corrected chi connectivity index (χ4v) is 7.42. The summed E-state index contributed by atoms with van der Waals surface area (Å²) in [5, 5.41) is 21.4. The number of rotatable bonds is 12. The highest BCUT2D eigenvalue weighted by atomic mass is 16.3. The molecule has 0 saturated heterocycles. The van der Waals surface area contributed by atoms with Gasteiger partial charge in [0.15, 0.2) is 0 Å². The zero-order valence-corrected chi connectivity index (χ0v) is 29.7. The van der Waals surface area contributed by atoms with Gasteiger partial charge in [0, 0.05) is 55.1 Å². The van der Waals surface area contributed by atoms with Crippen LogP contribution < -0.4 is 15.5 Å². The molecule has 254 valence electrons. The van der Waals surface area contributed by atoms with Crippen molar-refractivity contribution in [3.05, 3.63) is 95.2 Å². The Morgan fingerprint density at radius 1 is 0.917 bits per heavy atom. The number of aliphatic hydroxyl groups excluding tert-OH is 1. The summed E-state index contributed by atoms with van der Waals surface area (Å²) in [4.78, 5) is 15.3. The highest BCUT2D eigenvalue weighted by molar-refractivity contribution is 5.90. The minimum Gasteiger partial charge on any atom is -0.388 e. The molecule has 0 radical (unpaired) electrons. The Balaban J connectivity index is 1.09. The normalized spacial score (nSPS) is 18.2. The van der Waals surface area contributed by atoms with Crippen LogP contribution in [0.1, 0.15) is 94.1 Å². The first kappa shape index (κ1) is 33.9. The molecular weight excluding hydrogens is 592 g/mol. The number of aromatic nitrogens is 3. The van der Waals surface area contributed by atoms with Gasteiger partial charge in [-0.1, -0.05) is 82.3 Å². The Hall–Kier alpha value is -3.94. The molecule has 7 heteroatoms. The second-order valence-corrected chi connectivity index (χ2v) is 15.1. The molecule has 2 heterocycles. The maximum absolute atomic E-state index is 11.5. The molecule has 0 spiro atoms. The zero-order chi connectivity index (χ0) is 33.8. The summed E-state index contributed by atoms with van der Waals surface area (Å²) in [6.07, 6.45) is 7.85. The van der Waals surface area contributed by atoms with E-state index in [4.69, 9.17) is 9.97 Å². The molecule has 0 amide bonds. The number of aryl methyl sites for hydroxylation is 1. The minimum atomic E-state index is -0.531. The molecule has 6 rings (SSSR count). The summed E-state index contributed by atoms with van der Waals surface area (Å²) in [6.45, 7) is 10.7. The molecule has 2 unspecified atom stereocenters. The van der Waals surface area contributed by atoms with Crippen molar-refractivity contribution >= 4 is 33.6 Å². The lowest BCUT2D eigenvalue weighted by Crippen LogP contribution is -2.33. The number of nitrogens with one attached hydrogen (secondary N) is 3. The van der Waals surface area contributed by atoms with Crippen LogP contribution in [-0.2, 0) is 11.8 Å². The maximum Gasteiger partial charge on any atom is 0.225 e. The monoisotopic (exact) mass is 646 g/mol. The topological polar surface area (TPSA) is 89.1 Å². The molecule has 0 bridgehead atoms. The van der Waals surface area contributed by atoms with Crippen LogP contribution in [0.2, 0.25) is 0 Å². The van der Waals surface area contributed by atoms with Gasteiger partial charge in [0.1, 0.15) is 5.82 Å². The molecule has 2 atom stereocenters. The molecule has 48 heavy (non-hydrogen) atoms. The van der Waals surface area contributed by atoms with E-state index in [1.54, 1.807) is 0 Å². The van der Waals surface area contributed by atoms with Crippen molar-refractivity contribution in [1.82, 2.24) is 20.3 Å². The van der Waals surface area contributed by atoms with Crippen LogP contribution >= 0.6 is 0 Å². The number of para-hydroxylation sites is 2. The third kappa shape index (κ3) is 7.68. The van der Waals surface area contributed by atoms with E-state index in [1.165, 1.54) is 40.4 Å². The van der Waals surface area contributed by atoms with Gasteiger partial charge in [-0.3, -0.25) is 0 Å². The Morgan fingerprint density at radius 2 is 1.65 bits per heavy atom. The quantitative estimate of drug-likeness (QED) is 0.109. The van der Waals surface area contributed by atoms with Crippen LogP contribution in [0.25, 0.3) is 21.8 Å². The van der Waals surface area contributed by atoms with E-state index < -0.39 is 6.10 Å². The van der Waals surface area contributed by atoms with Crippen molar-refractivity contribution in [3.8, 4) is 0 Å². The largest absolute Gasteiger partial charge is 0.388 e. The van der Waals surface area contributed by atoms with Gasteiger partial charge in [-0.05, 0) is 90.8 Å². The number of H-pyrrole nitrogens is 1. The first-order valence-corrected chi connectivity index (χ1v) is 17.9. The average Bonchev–Trinajstić information content (AvgIpc) is 3.52. The minimum absolute atomic E-state index is 0.0893. The van der Waals surface area contributed by atoms with E-state index in [0.717, 1.165) is 60.6 Å². The second-order valence-electron chi connectivity index (χ2n) is 15.1. The van der Waals surface area contributed by atoms with Crippen LogP contribution in [0.5, 0.6) is 0 Å². The van der Waals surface area contributed by atoms with Gasteiger partial charge in [0.25, 0.3) is 0 Å². The summed E-state index contributed by atoms with van der Waals surface area (Å²) in [5.74, 6) is 2.47. The highest BCUT2D eigenvalue weighted by Crippen LogP contribution is 2.35. The Labute approximate surface area is 286 Å². The van der Waals surface area contributed by atoms with Crippen LogP contribution in [0.3, 0.4) is 0 Å². The number of fused-ring (bicyclic) bond motifs is 2. The molecule has 1 aliphatic carbocycles. The van der Waals surface area contributed by atoms with Gasteiger partial charge in [0.2, 0.25) is 5.95 Å². The number of aliphatic hydroxyl groups is 1. The molecule has 7 nitrogen and oxygen atoms in total. The summed E-state index contributed by atoms with van der Waals surface area (Å²) in [5.41, 5.74) is 7.18. The molecule has 4 N–H and O–H groups in total. The van der Waals surface area contributed by atoms with Crippen LogP contribution in [0.4, 0.5) is 11.8 Å². The molecular formula is C41H54N6O. The molecule has 2 aromatic heterocycles. The first-order chi connectivity index (χ1) is 23.1. The molecule has 1 aliphatic rings. The van der Waals surface area contributed by atoms with Crippen LogP contribution in [0, 0.1) is 5.92 Å².